The van der Waals surface area contributed by atoms with E-state index in [9.17, 15) is 0 Å². The SMILES string of the molecule is CCC1CCN(C(CC)C2CCCCC2)CCC(C)N1. The van der Waals surface area contributed by atoms with E-state index in [1.165, 1.54) is 70.9 Å². The van der Waals surface area contributed by atoms with Crippen molar-refractivity contribution in [3.8, 4) is 0 Å². The Labute approximate surface area is 126 Å². The number of hydrogen-bond donors (Lipinski definition) is 1. The summed E-state index contributed by atoms with van der Waals surface area (Å²) in [4.78, 5) is 2.86. The molecule has 118 valence electrons. The molecule has 1 heterocycles. The van der Waals surface area contributed by atoms with Gasteiger partial charge in [-0.25, -0.2) is 0 Å². The third-order valence-electron chi connectivity index (χ3n) is 5.71. The summed E-state index contributed by atoms with van der Waals surface area (Å²) in [6.07, 6.45) is 12.7. The van der Waals surface area contributed by atoms with Gasteiger partial charge in [-0.2, -0.15) is 0 Å². The monoisotopic (exact) mass is 280 g/mol. The summed E-state index contributed by atoms with van der Waals surface area (Å²) in [5.74, 6) is 0.983. The average Bonchev–Trinajstić information content (AvgIpc) is 2.47. The molecule has 1 aliphatic carbocycles. The van der Waals surface area contributed by atoms with Gasteiger partial charge in [-0.05, 0) is 64.5 Å². The van der Waals surface area contributed by atoms with Gasteiger partial charge >= 0.3 is 0 Å². The van der Waals surface area contributed by atoms with Crippen LogP contribution in [-0.2, 0) is 0 Å². The van der Waals surface area contributed by atoms with Crippen LogP contribution in [0.3, 0.4) is 0 Å². The molecule has 1 N–H and O–H groups in total. The van der Waals surface area contributed by atoms with E-state index >= 15 is 0 Å². The first-order valence-electron chi connectivity index (χ1n) is 9.24. The molecule has 0 radical (unpaired) electrons. The first-order chi connectivity index (χ1) is 9.74. The molecule has 2 rings (SSSR count). The van der Waals surface area contributed by atoms with Gasteiger partial charge in [0.1, 0.15) is 0 Å². The Morgan fingerprint density at radius 2 is 1.70 bits per heavy atom. The molecule has 1 aliphatic heterocycles. The van der Waals surface area contributed by atoms with Crippen molar-refractivity contribution in [2.75, 3.05) is 13.1 Å². The minimum atomic E-state index is 0.687. The standard InChI is InChI=1S/C18H36N2/c1-4-17-12-14-20(13-11-15(3)19-17)18(5-2)16-9-7-6-8-10-16/h15-19H,4-14H2,1-3H3. The maximum atomic E-state index is 3.80. The molecule has 0 aromatic rings. The molecule has 2 fully saturated rings. The van der Waals surface area contributed by atoms with Crippen molar-refractivity contribution in [3.63, 3.8) is 0 Å². The van der Waals surface area contributed by atoms with E-state index < -0.39 is 0 Å². The third-order valence-corrected chi connectivity index (χ3v) is 5.71. The van der Waals surface area contributed by atoms with Gasteiger partial charge in [0.05, 0.1) is 0 Å². The maximum Gasteiger partial charge on any atom is 0.0121 e. The normalized spacial score (nSPS) is 32.5. The van der Waals surface area contributed by atoms with E-state index in [0.29, 0.717) is 6.04 Å². The highest BCUT2D eigenvalue weighted by atomic mass is 15.2. The highest BCUT2D eigenvalue weighted by Crippen LogP contribution is 2.31. The molecule has 1 saturated heterocycles. The minimum Gasteiger partial charge on any atom is -0.311 e. The van der Waals surface area contributed by atoms with Crippen LogP contribution < -0.4 is 5.32 Å². The third kappa shape index (κ3) is 4.46. The Morgan fingerprint density at radius 1 is 1.00 bits per heavy atom. The van der Waals surface area contributed by atoms with Crippen LogP contribution >= 0.6 is 0 Å². The van der Waals surface area contributed by atoms with Gasteiger partial charge < -0.3 is 10.2 Å². The number of nitrogens with zero attached hydrogens (tertiary/aromatic N) is 1. The van der Waals surface area contributed by atoms with Gasteiger partial charge in [-0.3, -0.25) is 0 Å². The molecule has 3 unspecified atom stereocenters. The van der Waals surface area contributed by atoms with Crippen molar-refractivity contribution in [3.05, 3.63) is 0 Å². The molecule has 0 aromatic heterocycles. The highest BCUT2D eigenvalue weighted by Gasteiger charge is 2.29. The fraction of sp³-hybridized carbons (Fsp3) is 1.00. The van der Waals surface area contributed by atoms with Crippen molar-refractivity contribution < 1.29 is 0 Å². The second kappa shape index (κ2) is 8.38. The van der Waals surface area contributed by atoms with Crippen molar-refractivity contribution in [1.82, 2.24) is 10.2 Å². The van der Waals surface area contributed by atoms with Crippen molar-refractivity contribution >= 4 is 0 Å². The molecule has 0 aromatic carbocycles. The van der Waals surface area contributed by atoms with Crippen LogP contribution in [0.1, 0.15) is 78.6 Å². The van der Waals surface area contributed by atoms with E-state index in [2.05, 4.69) is 31.0 Å². The zero-order valence-corrected chi connectivity index (χ0v) is 14.0. The van der Waals surface area contributed by atoms with Crippen molar-refractivity contribution in [2.24, 2.45) is 5.92 Å². The van der Waals surface area contributed by atoms with Crippen LogP contribution in [0.2, 0.25) is 0 Å². The number of hydrogen-bond acceptors (Lipinski definition) is 2. The molecule has 2 nitrogen and oxygen atoms in total. The Morgan fingerprint density at radius 3 is 2.35 bits per heavy atom. The highest BCUT2D eigenvalue weighted by molar-refractivity contribution is 4.85. The van der Waals surface area contributed by atoms with Crippen LogP contribution in [0.5, 0.6) is 0 Å². The zero-order chi connectivity index (χ0) is 14.4. The summed E-state index contributed by atoms with van der Waals surface area (Å²) in [5.41, 5.74) is 0. The lowest BCUT2D eigenvalue weighted by Crippen LogP contribution is -2.49. The Bertz CT molecular complexity index is 260. The quantitative estimate of drug-likeness (QED) is 0.830. The summed E-state index contributed by atoms with van der Waals surface area (Å²) >= 11 is 0. The molecule has 0 spiro atoms. The fourth-order valence-corrected chi connectivity index (χ4v) is 4.42. The van der Waals surface area contributed by atoms with E-state index in [4.69, 9.17) is 0 Å². The molecule has 0 amide bonds. The van der Waals surface area contributed by atoms with Gasteiger partial charge in [0.2, 0.25) is 0 Å². The first-order valence-corrected chi connectivity index (χ1v) is 9.24. The summed E-state index contributed by atoms with van der Waals surface area (Å²) in [6.45, 7) is 9.73. The zero-order valence-electron chi connectivity index (χ0n) is 14.0. The molecule has 2 aliphatic rings. The molecule has 20 heavy (non-hydrogen) atoms. The molecule has 1 saturated carbocycles. The molecule has 3 atom stereocenters. The lowest BCUT2D eigenvalue weighted by Gasteiger charge is -2.41. The summed E-state index contributed by atoms with van der Waals surface area (Å²) in [5, 5.41) is 3.80. The van der Waals surface area contributed by atoms with Gasteiger partial charge in [0, 0.05) is 18.1 Å². The predicted octanol–water partition coefficient (Wildman–Crippen LogP) is 4.20. The van der Waals surface area contributed by atoms with Gasteiger partial charge in [-0.15, -0.1) is 0 Å². The minimum absolute atomic E-state index is 0.687. The lowest BCUT2D eigenvalue weighted by atomic mass is 9.82. The molecular weight excluding hydrogens is 244 g/mol. The predicted molar refractivity (Wildman–Crippen MR) is 88.1 cm³/mol. The van der Waals surface area contributed by atoms with Gasteiger partial charge in [0.25, 0.3) is 0 Å². The van der Waals surface area contributed by atoms with Crippen LogP contribution in [0.15, 0.2) is 0 Å². The average molecular weight is 280 g/mol. The molecule has 2 heteroatoms. The second-order valence-electron chi connectivity index (χ2n) is 7.16. The van der Waals surface area contributed by atoms with Crippen LogP contribution in [0.25, 0.3) is 0 Å². The number of rotatable bonds is 4. The Kier molecular flexibility index (Phi) is 6.83. The molecular formula is C18H36N2. The smallest absolute Gasteiger partial charge is 0.0121 e. The molecule has 0 bridgehead atoms. The summed E-state index contributed by atoms with van der Waals surface area (Å²) in [6, 6.07) is 2.28. The largest absolute Gasteiger partial charge is 0.311 e. The van der Waals surface area contributed by atoms with Crippen molar-refractivity contribution in [2.45, 2.75) is 96.7 Å². The Hall–Kier alpha value is -0.0800. The Balaban J connectivity index is 1.95. The van der Waals surface area contributed by atoms with Crippen LogP contribution in [0, 0.1) is 5.92 Å². The first kappa shape index (κ1) is 16.3. The van der Waals surface area contributed by atoms with Gasteiger partial charge in [0.15, 0.2) is 0 Å². The fourth-order valence-electron chi connectivity index (χ4n) is 4.42. The van der Waals surface area contributed by atoms with Crippen LogP contribution in [-0.4, -0.2) is 36.1 Å². The van der Waals surface area contributed by atoms with Crippen molar-refractivity contribution in [1.29, 1.82) is 0 Å². The van der Waals surface area contributed by atoms with Crippen LogP contribution in [0.4, 0.5) is 0 Å². The topological polar surface area (TPSA) is 15.3 Å². The van der Waals surface area contributed by atoms with Gasteiger partial charge in [-0.1, -0.05) is 33.1 Å². The summed E-state index contributed by atoms with van der Waals surface area (Å²) < 4.78 is 0. The number of nitrogens with one attached hydrogen (secondary N) is 1. The maximum absolute atomic E-state index is 3.80. The van der Waals surface area contributed by atoms with E-state index in [1.807, 2.05) is 0 Å². The van der Waals surface area contributed by atoms with E-state index in [-0.39, 0.29) is 0 Å². The second-order valence-corrected chi connectivity index (χ2v) is 7.16. The van der Waals surface area contributed by atoms with E-state index in [1.54, 1.807) is 0 Å². The van der Waals surface area contributed by atoms with E-state index in [0.717, 1.165) is 18.0 Å². The summed E-state index contributed by atoms with van der Waals surface area (Å²) in [7, 11) is 0. The lowest BCUT2D eigenvalue weighted by molar-refractivity contribution is 0.0942.